The maximum absolute atomic E-state index is 11.5. The molecule has 1 aromatic heterocycles. The number of hydrogen-bond donors (Lipinski definition) is 6. The van der Waals surface area contributed by atoms with Crippen molar-refractivity contribution in [3.8, 4) is 0 Å². The van der Waals surface area contributed by atoms with E-state index >= 15 is 0 Å². The van der Waals surface area contributed by atoms with Crippen LogP contribution in [0, 0.1) is 0 Å². The molecule has 11 heteroatoms. The molecule has 2 amide bonds. The number of carboxylic acid groups (broad SMARTS) is 1. The first-order valence-corrected chi connectivity index (χ1v) is 6.54. The topological polar surface area (TPSA) is 184 Å². The molecule has 7 N–H and O–H groups in total. The van der Waals surface area contributed by atoms with Crippen molar-refractivity contribution in [3.63, 3.8) is 0 Å². The van der Waals surface area contributed by atoms with Crippen LogP contribution >= 0.6 is 0 Å². The molecule has 0 bridgehead atoms. The highest BCUT2D eigenvalue weighted by Crippen LogP contribution is 2.09. The quantitative estimate of drug-likeness (QED) is 0.302. The second-order valence-corrected chi connectivity index (χ2v) is 4.40. The van der Waals surface area contributed by atoms with E-state index in [1.165, 1.54) is 0 Å². The minimum absolute atomic E-state index is 0.0903. The van der Waals surface area contributed by atoms with Crippen LogP contribution < -0.4 is 16.4 Å². The maximum Gasteiger partial charge on any atom is 0.326 e. The fourth-order valence-electron chi connectivity index (χ4n) is 1.51. The van der Waals surface area contributed by atoms with Gasteiger partial charge in [0.2, 0.25) is 5.89 Å². The summed E-state index contributed by atoms with van der Waals surface area (Å²) in [7, 11) is 0. The molecule has 0 saturated carbocycles. The van der Waals surface area contributed by atoms with Crippen LogP contribution in [0.4, 0.5) is 4.79 Å². The number of nitrogens with zero attached hydrogens (tertiary/aromatic N) is 2. The highest BCUT2D eigenvalue weighted by molar-refractivity contribution is 5.82. The molecule has 0 radical (unpaired) electrons. The fourth-order valence-corrected chi connectivity index (χ4v) is 1.51. The van der Waals surface area contributed by atoms with Gasteiger partial charge in [-0.05, 0) is 6.42 Å². The zero-order valence-corrected chi connectivity index (χ0v) is 11.7. The second kappa shape index (κ2) is 8.92. The molecule has 0 aliphatic carbocycles. The summed E-state index contributed by atoms with van der Waals surface area (Å²) < 4.78 is 4.86. The molecule has 1 heterocycles. The summed E-state index contributed by atoms with van der Waals surface area (Å²) in [4.78, 5) is 26.3. The number of carboxylic acids is 1. The van der Waals surface area contributed by atoms with E-state index in [-0.39, 0.29) is 44.3 Å². The monoisotopic (exact) mass is 317 g/mol. The highest BCUT2D eigenvalue weighted by Gasteiger charge is 2.19. The van der Waals surface area contributed by atoms with Gasteiger partial charge in [-0.25, -0.2) is 9.59 Å². The Morgan fingerprint density at radius 2 is 1.95 bits per heavy atom. The molecule has 22 heavy (non-hydrogen) atoms. The molecular formula is C11H19N5O6. The molecule has 11 nitrogen and oxygen atoms in total. The summed E-state index contributed by atoms with van der Waals surface area (Å²) in [6.45, 7) is -0.601. The Bertz CT molecular complexity index is 493. The molecule has 0 aliphatic rings. The number of aliphatic carboxylic acids is 1. The van der Waals surface area contributed by atoms with Crippen molar-refractivity contribution in [1.82, 2.24) is 20.8 Å². The molecule has 0 spiro atoms. The summed E-state index contributed by atoms with van der Waals surface area (Å²) >= 11 is 0. The Labute approximate surface area is 125 Å². The fraction of sp³-hybridized carbons (Fsp3) is 0.636. The van der Waals surface area contributed by atoms with Gasteiger partial charge in [0.1, 0.15) is 6.04 Å². The van der Waals surface area contributed by atoms with Gasteiger partial charge < -0.3 is 36.2 Å². The van der Waals surface area contributed by atoms with Crippen LogP contribution in [0.2, 0.25) is 0 Å². The first kappa shape index (κ1) is 17.8. The lowest BCUT2D eigenvalue weighted by Crippen LogP contribution is -2.46. The van der Waals surface area contributed by atoms with Crippen molar-refractivity contribution in [2.45, 2.75) is 31.5 Å². The minimum Gasteiger partial charge on any atom is -0.480 e. The summed E-state index contributed by atoms with van der Waals surface area (Å²) in [6, 6.07) is -2.52. The van der Waals surface area contributed by atoms with Gasteiger partial charge >= 0.3 is 12.0 Å². The predicted molar refractivity (Wildman–Crippen MR) is 71.4 cm³/mol. The smallest absolute Gasteiger partial charge is 0.326 e. The Kier molecular flexibility index (Phi) is 7.22. The molecule has 0 saturated heterocycles. The van der Waals surface area contributed by atoms with Gasteiger partial charge in [-0.1, -0.05) is 5.16 Å². The van der Waals surface area contributed by atoms with Crippen molar-refractivity contribution >= 4 is 12.0 Å². The summed E-state index contributed by atoms with van der Waals surface area (Å²) in [5.74, 6) is -0.957. The van der Waals surface area contributed by atoms with E-state index in [0.29, 0.717) is 0 Å². The molecule has 124 valence electrons. The number of hydrogen-bond acceptors (Lipinski definition) is 8. The summed E-state index contributed by atoms with van der Waals surface area (Å²) in [5, 5.41) is 34.4. The van der Waals surface area contributed by atoms with E-state index in [1.54, 1.807) is 0 Å². The molecule has 2 atom stereocenters. The van der Waals surface area contributed by atoms with Crippen molar-refractivity contribution in [1.29, 1.82) is 0 Å². The van der Waals surface area contributed by atoms with Gasteiger partial charge in [-0.15, -0.1) is 0 Å². The molecule has 0 fully saturated rings. The number of amides is 2. The Morgan fingerprint density at radius 3 is 2.55 bits per heavy atom. The highest BCUT2D eigenvalue weighted by atomic mass is 16.5. The third-order valence-corrected chi connectivity index (χ3v) is 2.68. The first-order chi connectivity index (χ1) is 10.5. The van der Waals surface area contributed by atoms with Crippen LogP contribution in [-0.2, 0) is 11.3 Å². The Morgan fingerprint density at radius 1 is 1.27 bits per heavy atom. The van der Waals surface area contributed by atoms with Crippen LogP contribution in [0.3, 0.4) is 0 Å². The summed E-state index contributed by atoms with van der Waals surface area (Å²) in [6.07, 6.45) is 0.164. The van der Waals surface area contributed by atoms with Gasteiger partial charge in [-0.2, -0.15) is 4.98 Å². The summed E-state index contributed by atoms with van der Waals surface area (Å²) in [5.41, 5.74) is 5.67. The Hall–Kier alpha value is -2.24. The van der Waals surface area contributed by atoms with Crippen LogP contribution in [-0.4, -0.2) is 56.7 Å². The van der Waals surface area contributed by atoms with Gasteiger partial charge in [0.15, 0.2) is 5.82 Å². The molecule has 0 aromatic carbocycles. The van der Waals surface area contributed by atoms with E-state index in [9.17, 15) is 9.59 Å². The number of rotatable bonds is 9. The average molecular weight is 317 g/mol. The van der Waals surface area contributed by atoms with E-state index in [4.69, 9.17) is 25.6 Å². The van der Waals surface area contributed by atoms with Gasteiger partial charge in [0, 0.05) is 19.6 Å². The number of urea groups is 1. The largest absolute Gasteiger partial charge is 0.480 e. The number of carbonyl (C=O) groups excluding carboxylic acids is 1. The molecule has 0 aliphatic heterocycles. The van der Waals surface area contributed by atoms with Crippen LogP contribution in [0.25, 0.3) is 0 Å². The zero-order chi connectivity index (χ0) is 16.5. The third-order valence-electron chi connectivity index (χ3n) is 2.68. The number of nitrogens with one attached hydrogen (secondary N) is 2. The van der Waals surface area contributed by atoms with Crippen LogP contribution in [0.1, 0.15) is 30.6 Å². The lowest BCUT2D eigenvalue weighted by Gasteiger charge is -2.13. The molecular weight excluding hydrogens is 298 g/mol. The normalized spacial score (nSPS) is 13.4. The van der Waals surface area contributed by atoms with Crippen LogP contribution in [0.15, 0.2) is 4.52 Å². The zero-order valence-electron chi connectivity index (χ0n) is 11.7. The third kappa shape index (κ3) is 5.63. The second-order valence-electron chi connectivity index (χ2n) is 4.40. The Balaban J connectivity index is 2.45. The molecule has 1 rings (SSSR count). The number of nitrogens with two attached hydrogens (primary N) is 1. The maximum atomic E-state index is 11.5. The molecule has 2 unspecified atom stereocenters. The van der Waals surface area contributed by atoms with E-state index in [2.05, 4.69) is 20.8 Å². The van der Waals surface area contributed by atoms with Gasteiger partial charge in [0.25, 0.3) is 0 Å². The molecule has 1 aromatic rings. The van der Waals surface area contributed by atoms with Crippen LogP contribution in [0.5, 0.6) is 0 Å². The van der Waals surface area contributed by atoms with E-state index < -0.39 is 24.1 Å². The number of aliphatic hydroxyl groups excluding tert-OH is 2. The van der Waals surface area contributed by atoms with E-state index in [1.807, 2.05) is 0 Å². The lowest BCUT2D eigenvalue weighted by molar-refractivity contribution is -0.139. The number of carbonyl (C=O) groups is 2. The number of aromatic nitrogens is 2. The van der Waals surface area contributed by atoms with Crippen molar-refractivity contribution in [2.75, 3.05) is 13.2 Å². The van der Waals surface area contributed by atoms with Crippen molar-refractivity contribution in [3.05, 3.63) is 11.7 Å². The SMILES string of the molecule is NC(CCO)c1noc(CNC(=O)NC(CCO)C(=O)O)n1. The van der Waals surface area contributed by atoms with Crippen molar-refractivity contribution < 1.29 is 29.4 Å². The van der Waals surface area contributed by atoms with E-state index in [0.717, 1.165) is 0 Å². The standard InChI is InChI=1S/C11H19N5O6/c12-6(1-3-17)9-15-8(22-16-9)5-13-11(21)14-7(2-4-18)10(19)20/h6-7,17-18H,1-5,12H2,(H,19,20)(H2,13,14,21). The average Bonchev–Trinajstić information content (AvgIpc) is 2.94. The first-order valence-electron chi connectivity index (χ1n) is 6.54. The van der Waals surface area contributed by atoms with Gasteiger partial charge in [0.05, 0.1) is 12.6 Å². The predicted octanol–water partition coefficient (Wildman–Crippen LogP) is -1.91. The lowest BCUT2D eigenvalue weighted by atomic mass is 10.2. The minimum atomic E-state index is -1.25. The number of aliphatic hydroxyl groups is 2. The van der Waals surface area contributed by atoms with Crippen molar-refractivity contribution in [2.24, 2.45) is 5.73 Å². The van der Waals surface area contributed by atoms with Gasteiger partial charge in [-0.3, -0.25) is 0 Å².